The van der Waals surface area contributed by atoms with Crippen LogP contribution in [-0.2, 0) is 9.59 Å². The van der Waals surface area contributed by atoms with Gasteiger partial charge in [0.05, 0.1) is 5.69 Å². The van der Waals surface area contributed by atoms with Crippen molar-refractivity contribution >= 4 is 23.8 Å². The van der Waals surface area contributed by atoms with Gasteiger partial charge in [-0.05, 0) is 24.3 Å². The number of imide groups is 1. The Kier molecular flexibility index (Phi) is 2.17. The van der Waals surface area contributed by atoms with Crippen LogP contribution in [0.15, 0.2) is 36.4 Å². The highest BCUT2D eigenvalue weighted by molar-refractivity contribution is 6.28. The van der Waals surface area contributed by atoms with Crippen LogP contribution in [-0.4, -0.2) is 18.1 Å². The molecule has 2 rings (SSSR count). The third-order valence-electron chi connectivity index (χ3n) is 2.10. The number of carbonyl (C=O) groups is 3. The van der Waals surface area contributed by atoms with Crippen LogP contribution in [0.4, 0.5) is 5.69 Å². The molecule has 0 atom stereocenters. The molecule has 0 bridgehead atoms. The molecule has 1 aromatic carbocycles. The van der Waals surface area contributed by atoms with Gasteiger partial charge in [-0.15, -0.1) is 0 Å². The summed E-state index contributed by atoms with van der Waals surface area (Å²) in [6.07, 6.45) is 3.14. The van der Waals surface area contributed by atoms with Crippen molar-refractivity contribution in [3.8, 4) is 0 Å². The van der Waals surface area contributed by atoms with E-state index >= 15 is 0 Å². The molecule has 4 heteroatoms. The van der Waals surface area contributed by atoms with E-state index in [1.54, 1.807) is 24.3 Å². The second-order valence-electron chi connectivity index (χ2n) is 3.05. The zero-order valence-electron chi connectivity index (χ0n) is 7.71. The third kappa shape index (κ3) is 1.57. The van der Waals surface area contributed by atoms with Crippen LogP contribution in [0.2, 0.25) is 0 Å². The molecule has 0 saturated heterocycles. The van der Waals surface area contributed by atoms with Crippen molar-refractivity contribution in [3.05, 3.63) is 42.0 Å². The summed E-state index contributed by atoms with van der Waals surface area (Å²) in [5.74, 6) is -0.724. The maximum atomic E-state index is 11.3. The molecule has 1 aliphatic heterocycles. The van der Waals surface area contributed by atoms with Crippen molar-refractivity contribution in [2.45, 2.75) is 0 Å². The SMILES string of the molecule is O=Cc1ccc(N2C(=O)C=CC2=O)cc1. The van der Waals surface area contributed by atoms with E-state index in [-0.39, 0.29) is 11.8 Å². The average Bonchev–Trinajstić information content (AvgIpc) is 2.59. The van der Waals surface area contributed by atoms with Gasteiger partial charge in [0, 0.05) is 17.7 Å². The summed E-state index contributed by atoms with van der Waals surface area (Å²) in [4.78, 5) is 34.0. The molecular weight excluding hydrogens is 194 g/mol. The largest absolute Gasteiger partial charge is 0.298 e. The molecule has 1 aliphatic rings. The lowest BCUT2D eigenvalue weighted by Gasteiger charge is -2.13. The summed E-state index contributed by atoms with van der Waals surface area (Å²) in [6, 6.07) is 6.24. The van der Waals surface area contributed by atoms with Crippen LogP contribution in [0.3, 0.4) is 0 Å². The van der Waals surface area contributed by atoms with Gasteiger partial charge in [0.15, 0.2) is 0 Å². The van der Waals surface area contributed by atoms with Crippen LogP contribution in [0.25, 0.3) is 0 Å². The molecule has 0 fully saturated rings. The highest BCUT2D eigenvalue weighted by Crippen LogP contribution is 2.18. The summed E-state index contributed by atoms with van der Waals surface area (Å²) in [7, 11) is 0. The van der Waals surface area contributed by atoms with Crippen LogP contribution in [0, 0.1) is 0 Å². The Balaban J connectivity index is 2.34. The normalized spacial score (nSPS) is 14.8. The molecule has 0 spiro atoms. The fraction of sp³-hybridized carbons (Fsp3) is 0. The van der Waals surface area contributed by atoms with Crippen molar-refractivity contribution in [1.29, 1.82) is 0 Å². The third-order valence-corrected chi connectivity index (χ3v) is 2.10. The number of anilines is 1. The minimum absolute atomic E-state index is 0.362. The molecule has 15 heavy (non-hydrogen) atoms. The Bertz CT molecular complexity index is 441. The van der Waals surface area contributed by atoms with Crippen molar-refractivity contribution in [2.24, 2.45) is 0 Å². The first-order valence-corrected chi connectivity index (χ1v) is 4.34. The van der Waals surface area contributed by atoms with Gasteiger partial charge in [-0.25, -0.2) is 4.90 Å². The summed E-state index contributed by atoms with van der Waals surface area (Å²) in [5, 5.41) is 0. The molecule has 0 N–H and O–H groups in total. The van der Waals surface area contributed by atoms with Crippen LogP contribution in [0.1, 0.15) is 10.4 Å². The highest BCUT2D eigenvalue weighted by atomic mass is 16.2. The van der Waals surface area contributed by atoms with Crippen LogP contribution in [0.5, 0.6) is 0 Å². The van der Waals surface area contributed by atoms with Gasteiger partial charge in [-0.1, -0.05) is 0 Å². The number of carbonyl (C=O) groups excluding carboxylic acids is 3. The lowest BCUT2D eigenvalue weighted by Crippen LogP contribution is -2.29. The van der Waals surface area contributed by atoms with Crippen molar-refractivity contribution in [2.75, 3.05) is 4.90 Å². The first-order valence-electron chi connectivity index (χ1n) is 4.34. The molecule has 1 heterocycles. The minimum Gasteiger partial charge on any atom is -0.298 e. The van der Waals surface area contributed by atoms with Gasteiger partial charge in [0.25, 0.3) is 11.8 Å². The Morgan fingerprint density at radius 2 is 1.47 bits per heavy atom. The monoisotopic (exact) mass is 201 g/mol. The van der Waals surface area contributed by atoms with E-state index in [4.69, 9.17) is 0 Å². The second kappa shape index (κ2) is 3.49. The fourth-order valence-electron chi connectivity index (χ4n) is 1.36. The number of nitrogens with zero attached hydrogens (tertiary/aromatic N) is 1. The Morgan fingerprint density at radius 3 is 1.93 bits per heavy atom. The molecule has 4 nitrogen and oxygen atoms in total. The predicted molar refractivity (Wildman–Crippen MR) is 53.5 cm³/mol. The fourth-order valence-corrected chi connectivity index (χ4v) is 1.36. The van der Waals surface area contributed by atoms with Gasteiger partial charge in [0.1, 0.15) is 6.29 Å². The molecule has 0 radical (unpaired) electrons. The average molecular weight is 201 g/mol. The summed E-state index contributed by atoms with van der Waals surface area (Å²) < 4.78 is 0. The van der Waals surface area contributed by atoms with Crippen molar-refractivity contribution < 1.29 is 14.4 Å². The van der Waals surface area contributed by atoms with Gasteiger partial charge in [0.2, 0.25) is 0 Å². The standard InChI is InChI=1S/C11H7NO3/c13-7-8-1-3-9(4-2-8)12-10(14)5-6-11(12)15/h1-7H. The number of rotatable bonds is 2. The molecule has 2 amide bonds. The maximum absolute atomic E-state index is 11.3. The zero-order chi connectivity index (χ0) is 10.8. The van der Waals surface area contributed by atoms with E-state index in [0.717, 1.165) is 4.90 Å². The van der Waals surface area contributed by atoms with Gasteiger partial charge < -0.3 is 0 Å². The molecule has 0 saturated carbocycles. The number of amides is 2. The summed E-state index contributed by atoms with van der Waals surface area (Å²) in [5.41, 5.74) is 0.978. The molecule has 0 aliphatic carbocycles. The molecule has 1 aromatic rings. The lowest BCUT2D eigenvalue weighted by atomic mass is 10.2. The van der Waals surface area contributed by atoms with Gasteiger partial charge in [-0.2, -0.15) is 0 Å². The smallest absolute Gasteiger partial charge is 0.258 e. The zero-order valence-corrected chi connectivity index (χ0v) is 7.71. The first-order chi connectivity index (χ1) is 7.22. The van der Waals surface area contributed by atoms with E-state index in [1.807, 2.05) is 0 Å². The van der Waals surface area contributed by atoms with E-state index in [2.05, 4.69) is 0 Å². The summed E-state index contributed by atoms with van der Waals surface area (Å²) >= 11 is 0. The van der Waals surface area contributed by atoms with E-state index < -0.39 is 0 Å². The van der Waals surface area contributed by atoms with E-state index in [0.29, 0.717) is 17.5 Å². The van der Waals surface area contributed by atoms with Crippen molar-refractivity contribution in [1.82, 2.24) is 0 Å². The lowest BCUT2D eigenvalue weighted by molar-refractivity contribution is -0.119. The van der Waals surface area contributed by atoms with Gasteiger partial charge >= 0.3 is 0 Å². The Hall–Kier alpha value is -2.23. The Labute approximate surface area is 85.8 Å². The maximum Gasteiger partial charge on any atom is 0.258 e. The molecule has 74 valence electrons. The van der Waals surface area contributed by atoms with Crippen molar-refractivity contribution in [3.63, 3.8) is 0 Å². The van der Waals surface area contributed by atoms with E-state index in [9.17, 15) is 14.4 Å². The number of benzene rings is 1. The van der Waals surface area contributed by atoms with Crippen LogP contribution >= 0.6 is 0 Å². The quantitative estimate of drug-likeness (QED) is 0.528. The highest BCUT2D eigenvalue weighted by Gasteiger charge is 2.24. The van der Waals surface area contributed by atoms with Crippen LogP contribution < -0.4 is 4.90 Å². The predicted octanol–water partition coefficient (Wildman–Crippen LogP) is 0.928. The first kappa shape index (κ1) is 9.33. The minimum atomic E-state index is -0.362. The second-order valence-corrected chi connectivity index (χ2v) is 3.05. The van der Waals surface area contributed by atoms with Gasteiger partial charge in [-0.3, -0.25) is 14.4 Å². The number of hydrogen-bond acceptors (Lipinski definition) is 3. The Morgan fingerprint density at radius 1 is 0.933 bits per heavy atom. The van der Waals surface area contributed by atoms with E-state index in [1.165, 1.54) is 12.2 Å². The number of aldehydes is 1. The summed E-state index contributed by atoms with van der Waals surface area (Å²) in [6.45, 7) is 0. The topological polar surface area (TPSA) is 54.5 Å². The number of hydrogen-bond donors (Lipinski definition) is 0. The molecule has 0 aromatic heterocycles. The molecular formula is C11H7NO3. The molecule has 0 unspecified atom stereocenters.